The van der Waals surface area contributed by atoms with Gasteiger partial charge in [0.1, 0.15) is 12.1 Å². The molecule has 2 atom stereocenters. The number of rotatable bonds is 1. The number of imidazole rings is 1. The van der Waals surface area contributed by atoms with E-state index in [2.05, 4.69) is 6.20 Å². The van der Waals surface area contributed by atoms with Crippen LogP contribution in [-0.4, -0.2) is 20.4 Å². The Morgan fingerprint density at radius 1 is 1.31 bits per heavy atom. The number of thioether (sulfide) groups is 1. The van der Waals surface area contributed by atoms with E-state index in [1.165, 1.54) is 30.7 Å². The van der Waals surface area contributed by atoms with Crippen molar-refractivity contribution in [2.45, 2.75) is 50.0 Å². The number of aryl methyl sites for hydroxylation is 1. The first-order valence-electron chi connectivity index (χ1n) is 6.22. The van der Waals surface area contributed by atoms with Gasteiger partial charge in [0.05, 0.1) is 5.69 Å². The second-order valence-electron chi connectivity index (χ2n) is 4.72. The summed E-state index contributed by atoms with van der Waals surface area (Å²) >= 11 is 2.02. The van der Waals surface area contributed by atoms with Crippen LogP contribution in [0.15, 0.2) is 6.20 Å². The van der Waals surface area contributed by atoms with Gasteiger partial charge in [-0.3, -0.25) is 0 Å². The molecule has 0 radical (unpaired) electrons. The summed E-state index contributed by atoms with van der Waals surface area (Å²) in [5, 5.41) is 10.5. The number of aromatic nitrogens is 2. The van der Waals surface area contributed by atoms with E-state index in [1.54, 1.807) is 0 Å². The molecule has 3 heterocycles. The summed E-state index contributed by atoms with van der Waals surface area (Å²) in [4.78, 5) is 4.71. The normalized spacial score (nSPS) is 30.1. The van der Waals surface area contributed by atoms with Crippen LogP contribution >= 0.6 is 11.8 Å². The molecule has 0 aromatic carbocycles. The second-order valence-corrected chi connectivity index (χ2v) is 6.03. The lowest BCUT2D eigenvalue weighted by Gasteiger charge is -2.20. The molecule has 3 rings (SSSR count). The molecule has 88 valence electrons. The molecule has 1 saturated heterocycles. The van der Waals surface area contributed by atoms with Crippen LogP contribution in [0.3, 0.4) is 0 Å². The number of nitrogens with zero attached hydrogens (tertiary/aromatic N) is 2. The first-order valence-corrected chi connectivity index (χ1v) is 7.27. The van der Waals surface area contributed by atoms with Crippen LogP contribution in [0.1, 0.15) is 55.1 Å². The third kappa shape index (κ3) is 1.89. The molecule has 0 saturated carbocycles. The van der Waals surface area contributed by atoms with Gasteiger partial charge in [0.2, 0.25) is 0 Å². The van der Waals surface area contributed by atoms with Crippen molar-refractivity contribution in [1.29, 1.82) is 0 Å². The number of hydrogen-bond acceptors (Lipinski definition) is 3. The average Bonchev–Trinajstić information content (AvgIpc) is 2.76. The van der Waals surface area contributed by atoms with Crippen molar-refractivity contribution in [2.75, 3.05) is 5.75 Å². The third-order valence-corrected chi connectivity index (χ3v) is 4.92. The molecule has 0 spiro atoms. The maximum absolute atomic E-state index is 9.89. The highest BCUT2D eigenvalue weighted by molar-refractivity contribution is 7.99. The van der Waals surface area contributed by atoms with E-state index in [0.717, 1.165) is 25.1 Å². The minimum atomic E-state index is -0.335. The predicted octanol–water partition coefficient (Wildman–Crippen LogP) is 2.67. The van der Waals surface area contributed by atoms with Crippen LogP contribution < -0.4 is 0 Å². The quantitative estimate of drug-likeness (QED) is 0.817. The lowest BCUT2D eigenvalue weighted by molar-refractivity contribution is 0.0780. The van der Waals surface area contributed by atoms with Gasteiger partial charge < -0.3 is 9.67 Å². The summed E-state index contributed by atoms with van der Waals surface area (Å²) in [6.07, 6.45) is 8.63. The highest BCUT2D eigenvalue weighted by atomic mass is 32.2. The summed E-state index contributed by atoms with van der Waals surface area (Å²) in [6.45, 7) is 0. The Morgan fingerprint density at radius 2 is 2.25 bits per heavy atom. The average molecular weight is 238 g/mol. The van der Waals surface area contributed by atoms with Crippen LogP contribution in [0.25, 0.3) is 0 Å². The summed E-state index contributed by atoms with van der Waals surface area (Å²) in [5.41, 5.74) is 1.20. The van der Waals surface area contributed by atoms with Crippen LogP contribution in [0.5, 0.6) is 0 Å². The van der Waals surface area contributed by atoms with E-state index in [9.17, 15) is 5.11 Å². The molecule has 0 aliphatic carbocycles. The van der Waals surface area contributed by atoms with Gasteiger partial charge >= 0.3 is 0 Å². The fourth-order valence-corrected chi connectivity index (χ4v) is 3.88. The Morgan fingerprint density at radius 3 is 3.00 bits per heavy atom. The second kappa shape index (κ2) is 4.41. The summed E-state index contributed by atoms with van der Waals surface area (Å²) in [5.74, 6) is 2.34. The van der Waals surface area contributed by atoms with Gasteiger partial charge in [-0.05, 0) is 31.4 Å². The minimum absolute atomic E-state index is 0.335. The Kier molecular flexibility index (Phi) is 2.94. The third-order valence-electron chi connectivity index (χ3n) is 3.52. The maximum atomic E-state index is 9.89. The van der Waals surface area contributed by atoms with Crippen molar-refractivity contribution in [1.82, 2.24) is 9.55 Å². The predicted molar refractivity (Wildman–Crippen MR) is 65.5 cm³/mol. The molecular weight excluding hydrogens is 220 g/mol. The molecule has 2 aliphatic heterocycles. The Labute approximate surface area is 100 Å². The highest BCUT2D eigenvalue weighted by Gasteiger charge is 2.24. The largest absolute Gasteiger partial charge is 0.373 e. The van der Waals surface area contributed by atoms with Crippen LogP contribution in [0.4, 0.5) is 0 Å². The summed E-state index contributed by atoms with van der Waals surface area (Å²) in [7, 11) is 0. The number of aliphatic hydroxyl groups is 1. The molecule has 0 amide bonds. The maximum Gasteiger partial charge on any atom is 0.131 e. The number of hydrogen-bond donors (Lipinski definition) is 1. The molecule has 2 aliphatic rings. The van der Waals surface area contributed by atoms with E-state index >= 15 is 0 Å². The van der Waals surface area contributed by atoms with Crippen LogP contribution in [-0.2, 0) is 6.42 Å². The highest BCUT2D eigenvalue weighted by Crippen LogP contribution is 2.38. The molecule has 1 N–H and O–H groups in total. The molecule has 4 heteroatoms. The smallest absolute Gasteiger partial charge is 0.131 e. The van der Waals surface area contributed by atoms with Gasteiger partial charge in [-0.2, -0.15) is 11.8 Å². The molecule has 1 fully saturated rings. The van der Waals surface area contributed by atoms with Gasteiger partial charge in [0.25, 0.3) is 0 Å². The lowest BCUT2D eigenvalue weighted by atomic mass is 10.1. The molecule has 2 unspecified atom stereocenters. The topological polar surface area (TPSA) is 38.1 Å². The van der Waals surface area contributed by atoms with Crippen molar-refractivity contribution < 1.29 is 5.11 Å². The van der Waals surface area contributed by atoms with Gasteiger partial charge in [-0.15, -0.1) is 0 Å². The standard InChI is InChI=1S/C12H18N2OS/c15-12-6-3-5-11-13-9(8-14(11)12)10-4-1-2-7-16-10/h8,10,12,15H,1-7H2. The summed E-state index contributed by atoms with van der Waals surface area (Å²) in [6, 6.07) is 0. The van der Waals surface area contributed by atoms with E-state index in [4.69, 9.17) is 4.98 Å². The fourth-order valence-electron chi connectivity index (χ4n) is 2.61. The monoisotopic (exact) mass is 238 g/mol. The van der Waals surface area contributed by atoms with Crippen LogP contribution in [0, 0.1) is 0 Å². The van der Waals surface area contributed by atoms with Gasteiger partial charge in [-0.1, -0.05) is 6.42 Å². The Hall–Kier alpha value is -0.480. The van der Waals surface area contributed by atoms with E-state index in [-0.39, 0.29) is 6.23 Å². The van der Waals surface area contributed by atoms with Crippen molar-refractivity contribution >= 4 is 11.8 Å². The molecule has 3 nitrogen and oxygen atoms in total. The zero-order valence-electron chi connectivity index (χ0n) is 9.43. The SMILES string of the molecule is OC1CCCc2nc(C3CCCCS3)cn21. The first kappa shape index (κ1) is 10.7. The molecule has 0 bridgehead atoms. The van der Waals surface area contributed by atoms with E-state index in [1.807, 2.05) is 16.3 Å². The van der Waals surface area contributed by atoms with Crippen LogP contribution in [0.2, 0.25) is 0 Å². The van der Waals surface area contributed by atoms with Gasteiger partial charge in [0.15, 0.2) is 0 Å². The first-order chi connectivity index (χ1) is 7.84. The molecule has 1 aromatic heterocycles. The Balaban J connectivity index is 1.85. The van der Waals surface area contributed by atoms with Crippen molar-refractivity contribution in [3.8, 4) is 0 Å². The number of aliphatic hydroxyl groups excluding tert-OH is 1. The fraction of sp³-hybridized carbons (Fsp3) is 0.750. The minimum Gasteiger partial charge on any atom is -0.373 e. The molecule has 1 aromatic rings. The lowest BCUT2D eigenvalue weighted by Crippen LogP contribution is -2.16. The Bertz CT molecular complexity index is 371. The number of fused-ring (bicyclic) bond motifs is 1. The van der Waals surface area contributed by atoms with Crippen molar-refractivity contribution in [3.05, 3.63) is 17.7 Å². The van der Waals surface area contributed by atoms with Crippen molar-refractivity contribution in [3.63, 3.8) is 0 Å². The molecular formula is C12H18N2OS. The van der Waals surface area contributed by atoms with E-state index < -0.39 is 0 Å². The van der Waals surface area contributed by atoms with Gasteiger partial charge in [-0.25, -0.2) is 4.98 Å². The van der Waals surface area contributed by atoms with E-state index in [0.29, 0.717) is 5.25 Å². The molecule has 16 heavy (non-hydrogen) atoms. The zero-order chi connectivity index (χ0) is 11.0. The zero-order valence-corrected chi connectivity index (χ0v) is 10.2. The van der Waals surface area contributed by atoms with Gasteiger partial charge in [0, 0.05) is 17.9 Å². The summed E-state index contributed by atoms with van der Waals surface area (Å²) < 4.78 is 1.98. The van der Waals surface area contributed by atoms with Crippen molar-refractivity contribution in [2.24, 2.45) is 0 Å².